The first-order valence-corrected chi connectivity index (χ1v) is 5.84. The number of anilines is 1. The maximum Gasteiger partial charge on any atom is 0.141 e. The molecular weight excluding hydrogens is 289 g/mol. The van der Waals surface area contributed by atoms with E-state index in [0.29, 0.717) is 27.6 Å². The minimum Gasteiger partial charge on any atom is -0.383 e. The molecule has 0 aliphatic rings. The summed E-state index contributed by atoms with van der Waals surface area (Å²) in [4.78, 5) is 8.35. The second-order valence-electron chi connectivity index (χ2n) is 3.29. The van der Waals surface area contributed by atoms with Gasteiger partial charge in [0.05, 0.1) is 4.47 Å². The Bertz CT molecular complexity index is 516. The number of benzene rings is 1. The largest absolute Gasteiger partial charge is 0.383 e. The van der Waals surface area contributed by atoms with Gasteiger partial charge in [0.25, 0.3) is 0 Å². The summed E-state index contributed by atoms with van der Waals surface area (Å²) in [6.07, 6.45) is 2.23. The molecule has 2 N–H and O–H groups in total. The Balaban J connectivity index is 2.28. The lowest BCUT2D eigenvalue weighted by atomic mass is 10.1. The molecule has 2 rings (SSSR count). The topological polar surface area (TPSA) is 51.8 Å². The summed E-state index contributed by atoms with van der Waals surface area (Å²) in [7, 11) is 0. The van der Waals surface area contributed by atoms with E-state index in [1.54, 1.807) is 6.20 Å². The number of halogens is 2. The van der Waals surface area contributed by atoms with Crippen molar-refractivity contribution >= 4 is 33.3 Å². The lowest BCUT2D eigenvalue weighted by molar-refractivity contribution is 0.968. The van der Waals surface area contributed by atoms with E-state index in [4.69, 9.17) is 17.3 Å². The zero-order chi connectivity index (χ0) is 11.5. The first-order valence-electron chi connectivity index (χ1n) is 4.67. The third-order valence-corrected chi connectivity index (χ3v) is 3.11. The molecule has 0 unspecified atom stereocenters. The Morgan fingerprint density at radius 2 is 2.06 bits per heavy atom. The molecule has 0 saturated heterocycles. The molecule has 0 amide bonds. The van der Waals surface area contributed by atoms with Crippen LogP contribution in [-0.4, -0.2) is 9.97 Å². The zero-order valence-corrected chi connectivity index (χ0v) is 10.7. The van der Waals surface area contributed by atoms with Crippen LogP contribution in [0.15, 0.2) is 34.9 Å². The van der Waals surface area contributed by atoms with E-state index < -0.39 is 0 Å². The van der Waals surface area contributed by atoms with Gasteiger partial charge in [-0.25, -0.2) is 9.97 Å². The number of hydrogen-bond donors (Lipinski definition) is 1. The fraction of sp³-hybridized carbons (Fsp3) is 0.0909. The molecule has 0 radical (unpaired) electrons. The Morgan fingerprint density at radius 3 is 2.75 bits per heavy atom. The molecule has 1 heterocycles. The molecule has 16 heavy (non-hydrogen) atoms. The van der Waals surface area contributed by atoms with Crippen LogP contribution in [0.1, 0.15) is 11.4 Å². The summed E-state index contributed by atoms with van der Waals surface area (Å²) in [6.45, 7) is 0. The molecular formula is C11H9BrClN3. The minimum atomic E-state index is 0.442. The van der Waals surface area contributed by atoms with E-state index in [0.717, 1.165) is 5.56 Å². The molecule has 82 valence electrons. The SMILES string of the molecule is Nc1nc(Cc2ccccc2Cl)ncc1Br. The van der Waals surface area contributed by atoms with Gasteiger partial charge in [-0.05, 0) is 27.6 Å². The molecule has 0 bridgehead atoms. The van der Waals surface area contributed by atoms with Crippen LogP contribution in [0.5, 0.6) is 0 Å². The van der Waals surface area contributed by atoms with E-state index in [9.17, 15) is 0 Å². The third kappa shape index (κ3) is 2.51. The Kier molecular flexibility index (Phi) is 3.41. The van der Waals surface area contributed by atoms with Gasteiger partial charge >= 0.3 is 0 Å². The first kappa shape index (κ1) is 11.4. The van der Waals surface area contributed by atoms with Crippen molar-refractivity contribution in [1.29, 1.82) is 0 Å². The summed E-state index contributed by atoms with van der Waals surface area (Å²) >= 11 is 9.30. The van der Waals surface area contributed by atoms with Crippen LogP contribution in [0.4, 0.5) is 5.82 Å². The van der Waals surface area contributed by atoms with E-state index in [1.165, 1.54) is 0 Å². The lowest BCUT2D eigenvalue weighted by Crippen LogP contribution is -2.01. The van der Waals surface area contributed by atoms with Crippen LogP contribution in [-0.2, 0) is 6.42 Å². The summed E-state index contributed by atoms with van der Waals surface area (Å²) in [5.41, 5.74) is 6.67. The highest BCUT2D eigenvalue weighted by Gasteiger charge is 2.05. The number of nitrogens with two attached hydrogens (primary N) is 1. The molecule has 0 spiro atoms. The number of hydrogen-bond acceptors (Lipinski definition) is 3. The average Bonchev–Trinajstić information content (AvgIpc) is 2.27. The lowest BCUT2D eigenvalue weighted by Gasteiger charge is -2.04. The van der Waals surface area contributed by atoms with Gasteiger partial charge in [0.15, 0.2) is 0 Å². The van der Waals surface area contributed by atoms with Crippen molar-refractivity contribution in [2.45, 2.75) is 6.42 Å². The van der Waals surface area contributed by atoms with E-state index >= 15 is 0 Å². The predicted molar refractivity (Wildman–Crippen MR) is 68.4 cm³/mol. The van der Waals surface area contributed by atoms with Gasteiger partial charge in [-0.2, -0.15) is 0 Å². The Morgan fingerprint density at radius 1 is 1.31 bits per heavy atom. The van der Waals surface area contributed by atoms with Crippen molar-refractivity contribution in [3.8, 4) is 0 Å². The molecule has 0 aliphatic heterocycles. The summed E-state index contributed by atoms with van der Waals surface area (Å²) in [5.74, 6) is 1.10. The van der Waals surface area contributed by atoms with Crippen LogP contribution < -0.4 is 5.73 Å². The summed E-state index contributed by atoms with van der Waals surface area (Å²) in [6, 6.07) is 7.62. The van der Waals surface area contributed by atoms with Gasteiger partial charge in [-0.15, -0.1) is 0 Å². The highest BCUT2D eigenvalue weighted by molar-refractivity contribution is 9.10. The first-order chi connectivity index (χ1) is 7.66. The normalized spacial score (nSPS) is 10.4. The maximum absolute atomic E-state index is 6.05. The third-order valence-electron chi connectivity index (χ3n) is 2.13. The van der Waals surface area contributed by atoms with Crippen LogP contribution in [0.2, 0.25) is 5.02 Å². The van der Waals surface area contributed by atoms with Crippen molar-refractivity contribution in [2.24, 2.45) is 0 Å². The van der Waals surface area contributed by atoms with Crippen LogP contribution in [0.25, 0.3) is 0 Å². The number of aromatic nitrogens is 2. The van der Waals surface area contributed by atoms with E-state index in [1.807, 2.05) is 24.3 Å². The van der Waals surface area contributed by atoms with Crippen molar-refractivity contribution in [3.05, 3.63) is 51.3 Å². The number of nitrogens with zero attached hydrogens (tertiary/aromatic N) is 2. The standard InChI is InChI=1S/C11H9BrClN3/c12-8-6-15-10(16-11(8)14)5-7-3-1-2-4-9(7)13/h1-4,6H,5H2,(H2,14,15,16). The Hall–Kier alpha value is -1.13. The molecule has 0 atom stereocenters. The molecule has 1 aromatic heterocycles. The van der Waals surface area contributed by atoms with Gasteiger partial charge in [0.1, 0.15) is 11.6 Å². The maximum atomic E-state index is 6.05. The van der Waals surface area contributed by atoms with Gasteiger partial charge in [0.2, 0.25) is 0 Å². The van der Waals surface area contributed by atoms with Crippen molar-refractivity contribution < 1.29 is 0 Å². The van der Waals surface area contributed by atoms with E-state index in [2.05, 4.69) is 25.9 Å². The average molecular weight is 299 g/mol. The second-order valence-corrected chi connectivity index (χ2v) is 4.55. The molecule has 0 aliphatic carbocycles. The molecule has 0 saturated carbocycles. The molecule has 1 aromatic carbocycles. The van der Waals surface area contributed by atoms with Crippen LogP contribution >= 0.6 is 27.5 Å². The van der Waals surface area contributed by atoms with Crippen LogP contribution in [0, 0.1) is 0 Å². The fourth-order valence-electron chi connectivity index (χ4n) is 1.32. The smallest absolute Gasteiger partial charge is 0.141 e. The van der Waals surface area contributed by atoms with Gasteiger partial charge in [-0.3, -0.25) is 0 Å². The monoisotopic (exact) mass is 297 g/mol. The highest BCUT2D eigenvalue weighted by atomic mass is 79.9. The minimum absolute atomic E-state index is 0.442. The number of nitrogen functional groups attached to an aromatic ring is 1. The molecule has 0 fully saturated rings. The molecule has 3 nitrogen and oxygen atoms in total. The van der Waals surface area contributed by atoms with Crippen molar-refractivity contribution in [1.82, 2.24) is 9.97 Å². The summed E-state index contributed by atoms with van der Waals surface area (Å²) in [5, 5.41) is 0.715. The molecule has 2 aromatic rings. The molecule has 5 heteroatoms. The predicted octanol–water partition coefficient (Wildman–Crippen LogP) is 3.07. The number of rotatable bonds is 2. The van der Waals surface area contributed by atoms with E-state index in [-0.39, 0.29) is 0 Å². The Labute approximate surface area is 107 Å². The van der Waals surface area contributed by atoms with Crippen LogP contribution in [0.3, 0.4) is 0 Å². The second kappa shape index (κ2) is 4.80. The van der Waals surface area contributed by atoms with Gasteiger partial charge in [-0.1, -0.05) is 29.8 Å². The zero-order valence-electron chi connectivity index (χ0n) is 8.32. The quantitative estimate of drug-likeness (QED) is 0.927. The van der Waals surface area contributed by atoms with Gasteiger partial charge < -0.3 is 5.73 Å². The van der Waals surface area contributed by atoms with Crippen molar-refractivity contribution in [2.75, 3.05) is 5.73 Å². The highest BCUT2D eigenvalue weighted by Crippen LogP contribution is 2.19. The van der Waals surface area contributed by atoms with Gasteiger partial charge in [0, 0.05) is 17.6 Å². The fourth-order valence-corrected chi connectivity index (χ4v) is 1.71. The summed E-state index contributed by atoms with van der Waals surface area (Å²) < 4.78 is 0.704. The van der Waals surface area contributed by atoms with Crippen molar-refractivity contribution in [3.63, 3.8) is 0 Å².